The molecule has 3 rings (SSSR count). The summed E-state index contributed by atoms with van der Waals surface area (Å²) >= 11 is 0. The molecule has 0 fully saturated rings. The van der Waals surface area contributed by atoms with Gasteiger partial charge in [0.05, 0.1) is 6.10 Å². The van der Waals surface area contributed by atoms with Crippen LogP contribution < -0.4 is 10.4 Å². The summed E-state index contributed by atoms with van der Waals surface area (Å²) < 4.78 is 7.10. The van der Waals surface area contributed by atoms with E-state index in [-0.39, 0.29) is 11.1 Å². The lowest BCUT2D eigenvalue weighted by molar-refractivity contribution is 0.211. The standard InChI is InChI=1S/C24H28OSi/c1-20(21-14-8-5-9-15-21)25-26(24(2,3)4,22-16-10-6-11-17-22)23-18-12-7-13-19-23/h5-20H,1-4H3. The van der Waals surface area contributed by atoms with Crippen LogP contribution in [0.1, 0.15) is 39.4 Å². The zero-order valence-corrected chi connectivity index (χ0v) is 17.1. The highest BCUT2D eigenvalue weighted by Crippen LogP contribution is 2.39. The molecule has 0 aromatic heterocycles. The van der Waals surface area contributed by atoms with Gasteiger partial charge in [0, 0.05) is 0 Å². The largest absolute Gasteiger partial charge is 0.401 e. The Morgan fingerprint density at radius 3 is 1.42 bits per heavy atom. The molecule has 26 heavy (non-hydrogen) atoms. The smallest absolute Gasteiger partial charge is 0.261 e. The van der Waals surface area contributed by atoms with E-state index in [4.69, 9.17) is 4.43 Å². The number of rotatable bonds is 5. The van der Waals surface area contributed by atoms with Gasteiger partial charge in [0.15, 0.2) is 0 Å². The second-order valence-corrected chi connectivity index (χ2v) is 12.1. The predicted octanol–water partition coefficient (Wildman–Crippen LogP) is 5.32. The van der Waals surface area contributed by atoms with Crippen LogP contribution in [0, 0.1) is 0 Å². The van der Waals surface area contributed by atoms with Crippen LogP contribution in [0.4, 0.5) is 0 Å². The third-order valence-electron chi connectivity index (χ3n) is 5.04. The van der Waals surface area contributed by atoms with Gasteiger partial charge in [-0.1, -0.05) is 112 Å². The Labute approximate surface area is 158 Å². The Kier molecular flexibility index (Phi) is 5.45. The molecule has 0 saturated carbocycles. The van der Waals surface area contributed by atoms with Crippen LogP contribution in [0.2, 0.25) is 5.04 Å². The van der Waals surface area contributed by atoms with E-state index in [1.807, 2.05) is 0 Å². The van der Waals surface area contributed by atoms with Crippen molar-refractivity contribution in [2.45, 2.75) is 38.8 Å². The van der Waals surface area contributed by atoms with Crippen molar-refractivity contribution in [2.75, 3.05) is 0 Å². The summed E-state index contributed by atoms with van der Waals surface area (Å²) in [5, 5.41) is 2.64. The summed E-state index contributed by atoms with van der Waals surface area (Å²) in [6.07, 6.45) is 0.0301. The minimum absolute atomic E-state index is 0.00124. The van der Waals surface area contributed by atoms with Crippen molar-refractivity contribution in [2.24, 2.45) is 0 Å². The molecule has 0 N–H and O–H groups in total. The molecule has 1 unspecified atom stereocenters. The molecule has 0 aliphatic rings. The molecule has 0 heterocycles. The van der Waals surface area contributed by atoms with E-state index in [9.17, 15) is 0 Å². The monoisotopic (exact) mass is 360 g/mol. The van der Waals surface area contributed by atoms with Crippen LogP contribution in [0.25, 0.3) is 0 Å². The van der Waals surface area contributed by atoms with Crippen LogP contribution in [0.5, 0.6) is 0 Å². The SMILES string of the molecule is CC(O[Si](c1ccccc1)(c1ccccc1)C(C)(C)C)c1ccccc1. The highest BCUT2D eigenvalue weighted by Gasteiger charge is 2.51. The van der Waals surface area contributed by atoms with E-state index in [1.165, 1.54) is 15.9 Å². The van der Waals surface area contributed by atoms with Crippen LogP contribution in [-0.2, 0) is 4.43 Å². The normalized spacial score (nSPS) is 13.4. The first-order valence-corrected chi connectivity index (χ1v) is 11.2. The molecule has 134 valence electrons. The third-order valence-corrected chi connectivity index (χ3v) is 10.2. The van der Waals surface area contributed by atoms with E-state index in [2.05, 4.69) is 119 Å². The van der Waals surface area contributed by atoms with Crippen molar-refractivity contribution in [1.82, 2.24) is 0 Å². The average molecular weight is 361 g/mol. The van der Waals surface area contributed by atoms with Crippen molar-refractivity contribution >= 4 is 18.7 Å². The van der Waals surface area contributed by atoms with E-state index in [0.717, 1.165) is 0 Å². The first-order valence-electron chi connectivity index (χ1n) is 9.29. The third kappa shape index (κ3) is 3.53. The Morgan fingerprint density at radius 2 is 1.04 bits per heavy atom. The molecular weight excluding hydrogens is 332 g/mol. The fraction of sp³-hybridized carbons (Fsp3) is 0.250. The fourth-order valence-corrected chi connectivity index (χ4v) is 8.43. The van der Waals surface area contributed by atoms with Gasteiger partial charge in [0.2, 0.25) is 0 Å². The summed E-state index contributed by atoms with van der Waals surface area (Å²) in [6, 6.07) is 32.2. The number of hydrogen-bond donors (Lipinski definition) is 0. The topological polar surface area (TPSA) is 9.23 Å². The second kappa shape index (κ2) is 7.61. The highest BCUT2D eigenvalue weighted by molar-refractivity contribution is 6.99. The lowest BCUT2D eigenvalue weighted by Gasteiger charge is -2.44. The van der Waals surface area contributed by atoms with E-state index < -0.39 is 8.32 Å². The van der Waals surface area contributed by atoms with E-state index in [0.29, 0.717) is 0 Å². The van der Waals surface area contributed by atoms with Gasteiger partial charge in [0.25, 0.3) is 8.32 Å². The predicted molar refractivity (Wildman–Crippen MR) is 114 cm³/mol. The van der Waals surface area contributed by atoms with Gasteiger partial charge < -0.3 is 4.43 Å². The lowest BCUT2D eigenvalue weighted by atomic mass is 10.1. The first-order chi connectivity index (χ1) is 12.4. The average Bonchev–Trinajstić information content (AvgIpc) is 2.67. The van der Waals surface area contributed by atoms with Crippen molar-refractivity contribution in [3.63, 3.8) is 0 Å². The van der Waals surface area contributed by atoms with E-state index >= 15 is 0 Å². The molecular formula is C24H28OSi. The van der Waals surface area contributed by atoms with Crippen molar-refractivity contribution in [1.29, 1.82) is 0 Å². The Balaban J connectivity index is 2.18. The van der Waals surface area contributed by atoms with Gasteiger partial charge in [-0.15, -0.1) is 0 Å². The van der Waals surface area contributed by atoms with Gasteiger partial charge >= 0.3 is 0 Å². The van der Waals surface area contributed by atoms with Gasteiger partial charge in [-0.05, 0) is 27.9 Å². The lowest BCUT2D eigenvalue weighted by Crippen LogP contribution is -2.66. The summed E-state index contributed by atoms with van der Waals surface area (Å²) in [6.45, 7) is 9.12. The number of benzene rings is 3. The van der Waals surface area contributed by atoms with Gasteiger partial charge in [-0.3, -0.25) is 0 Å². The molecule has 0 aliphatic carbocycles. The maximum Gasteiger partial charge on any atom is 0.261 e. The molecule has 2 heteroatoms. The summed E-state index contributed by atoms with van der Waals surface area (Å²) in [7, 11) is -2.50. The minimum atomic E-state index is -2.50. The zero-order chi connectivity index (χ0) is 18.6. The summed E-state index contributed by atoms with van der Waals surface area (Å²) in [5.41, 5.74) is 1.22. The van der Waals surface area contributed by atoms with Crippen LogP contribution in [0.15, 0.2) is 91.0 Å². The molecule has 0 aliphatic heterocycles. The van der Waals surface area contributed by atoms with Crippen LogP contribution in [-0.4, -0.2) is 8.32 Å². The van der Waals surface area contributed by atoms with Crippen molar-refractivity contribution in [3.05, 3.63) is 96.6 Å². The Morgan fingerprint density at radius 1 is 0.654 bits per heavy atom. The maximum absolute atomic E-state index is 7.10. The fourth-order valence-electron chi connectivity index (χ4n) is 3.75. The molecule has 0 bridgehead atoms. The summed E-state index contributed by atoms with van der Waals surface area (Å²) in [5.74, 6) is 0. The van der Waals surface area contributed by atoms with Crippen molar-refractivity contribution < 1.29 is 4.43 Å². The maximum atomic E-state index is 7.10. The van der Waals surface area contributed by atoms with Gasteiger partial charge in [-0.25, -0.2) is 0 Å². The zero-order valence-electron chi connectivity index (χ0n) is 16.1. The molecule has 0 spiro atoms. The molecule has 0 amide bonds. The molecule has 0 radical (unpaired) electrons. The van der Waals surface area contributed by atoms with Gasteiger partial charge in [0.1, 0.15) is 0 Å². The summed E-state index contributed by atoms with van der Waals surface area (Å²) in [4.78, 5) is 0. The van der Waals surface area contributed by atoms with Crippen LogP contribution in [0.3, 0.4) is 0 Å². The molecule has 1 atom stereocenters. The second-order valence-electron chi connectivity index (χ2n) is 7.83. The van der Waals surface area contributed by atoms with E-state index in [1.54, 1.807) is 0 Å². The molecule has 3 aromatic rings. The van der Waals surface area contributed by atoms with Crippen LogP contribution >= 0.6 is 0 Å². The molecule has 3 aromatic carbocycles. The first kappa shape index (κ1) is 18.6. The molecule has 0 saturated heterocycles. The number of hydrogen-bond acceptors (Lipinski definition) is 1. The minimum Gasteiger partial charge on any atom is -0.401 e. The Hall–Kier alpha value is -2.16. The Bertz CT molecular complexity index is 768. The molecule has 1 nitrogen and oxygen atoms in total. The van der Waals surface area contributed by atoms with Gasteiger partial charge in [-0.2, -0.15) is 0 Å². The van der Waals surface area contributed by atoms with Crippen molar-refractivity contribution in [3.8, 4) is 0 Å². The highest BCUT2D eigenvalue weighted by atomic mass is 28.4. The quantitative estimate of drug-likeness (QED) is 0.559.